The zero-order chi connectivity index (χ0) is 19.3. The molecule has 136 valence electrons. The average molecular weight is 369 g/mol. The summed E-state index contributed by atoms with van der Waals surface area (Å²) in [6.45, 7) is 1.63. The number of hydrogen-bond acceptors (Lipinski definition) is 5. The summed E-state index contributed by atoms with van der Waals surface area (Å²) in [5.74, 6) is -2.77. The molecule has 4 rings (SSSR count). The van der Waals surface area contributed by atoms with Gasteiger partial charge in [0, 0.05) is 28.0 Å². The molecule has 0 bridgehead atoms. The second kappa shape index (κ2) is 5.99. The lowest BCUT2D eigenvalue weighted by atomic mass is 9.99. The molecule has 2 aromatic carbocycles. The second-order valence-corrected chi connectivity index (χ2v) is 6.00. The Bertz CT molecular complexity index is 1220. The van der Waals surface area contributed by atoms with Gasteiger partial charge in [0.2, 0.25) is 0 Å². The highest BCUT2D eigenvalue weighted by Gasteiger charge is 2.22. The summed E-state index contributed by atoms with van der Waals surface area (Å²) in [7, 11) is 0. The van der Waals surface area contributed by atoms with Crippen LogP contribution in [0, 0.1) is 24.0 Å². The summed E-state index contributed by atoms with van der Waals surface area (Å²) in [6, 6.07) is 6.92. The second-order valence-electron chi connectivity index (χ2n) is 6.00. The van der Waals surface area contributed by atoms with Crippen LogP contribution in [0.5, 0.6) is 5.75 Å². The van der Waals surface area contributed by atoms with Crippen molar-refractivity contribution in [3.63, 3.8) is 0 Å². The minimum atomic E-state index is -0.951. The molecule has 0 atom stereocenters. The molecule has 4 aromatic rings. The van der Waals surface area contributed by atoms with Gasteiger partial charge in [-0.3, -0.25) is 21.2 Å². The fourth-order valence-corrected chi connectivity index (χ4v) is 3.12. The van der Waals surface area contributed by atoms with Gasteiger partial charge in [-0.05, 0) is 6.92 Å². The third-order valence-corrected chi connectivity index (χ3v) is 4.39. The van der Waals surface area contributed by atoms with Crippen molar-refractivity contribution in [1.82, 2.24) is 20.7 Å². The molecule has 27 heavy (non-hydrogen) atoms. The lowest BCUT2D eigenvalue weighted by Crippen LogP contribution is -2.18. The molecule has 9 heteroatoms. The summed E-state index contributed by atoms with van der Waals surface area (Å²) in [4.78, 5) is 4.40. The Balaban J connectivity index is 2.09. The number of aromatic hydroxyl groups is 1. The molecule has 0 aliphatic heterocycles. The number of nitrogens with zero attached hydrogens (tertiary/aromatic N) is 2. The van der Waals surface area contributed by atoms with Gasteiger partial charge in [0.25, 0.3) is 0 Å². The molecule has 0 aliphatic rings. The van der Waals surface area contributed by atoms with Crippen LogP contribution in [0.2, 0.25) is 0 Å². The molecular weight excluding hydrogens is 356 g/mol. The molecule has 2 aromatic heterocycles. The summed E-state index contributed by atoms with van der Waals surface area (Å²) in [5.41, 5.74) is 3.44. The third kappa shape index (κ3) is 2.48. The van der Waals surface area contributed by atoms with E-state index in [1.807, 2.05) is 0 Å². The summed E-state index contributed by atoms with van der Waals surface area (Å²) < 4.78 is 29.5. The van der Waals surface area contributed by atoms with Crippen molar-refractivity contribution in [2.45, 2.75) is 6.92 Å². The van der Waals surface area contributed by atoms with E-state index in [-0.39, 0.29) is 27.9 Å². The van der Waals surface area contributed by atoms with Gasteiger partial charge in [0.15, 0.2) is 17.2 Å². The highest BCUT2D eigenvalue weighted by molar-refractivity contribution is 6.12. The first-order valence-electron chi connectivity index (χ1n) is 7.87. The first kappa shape index (κ1) is 16.9. The van der Waals surface area contributed by atoms with E-state index in [9.17, 15) is 13.9 Å². The fraction of sp³-hybridized carbons (Fsp3) is 0.0556. The van der Waals surface area contributed by atoms with Gasteiger partial charge in [-0.15, -0.1) is 0 Å². The van der Waals surface area contributed by atoms with E-state index in [1.54, 1.807) is 24.5 Å². The number of rotatable bonds is 2. The number of fused-ring (bicyclic) bond motifs is 3. The standard InChI is InChI=1S/C18H13F2N5O2/c1-7-12-14-13(10(19)6-11(26)15(14)20)16(22-18(12)24-23-7)8-2-4-9(5-3-8)17(21)25-27/h2-6,26-27H,1H3,(H2,21,25)(H,22,23,24). The van der Waals surface area contributed by atoms with E-state index in [4.69, 9.17) is 10.6 Å². The van der Waals surface area contributed by atoms with Gasteiger partial charge in [-0.25, -0.2) is 13.8 Å². The van der Waals surface area contributed by atoms with E-state index < -0.39 is 17.4 Å². The van der Waals surface area contributed by atoms with Gasteiger partial charge >= 0.3 is 0 Å². The largest absolute Gasteiger partial charge is 0.505 e. The highest BCUT2D eigenvalue weighted by Crippen LogP contribution is 2.39. The number of nitrogens with one attached hydrogen (secondary N) is 3. The quantitative estimate of drug-likeness (QED) is 0.211. The average Bonchev–Trinajstić information content (AvgIpc) is 3.05. The van der Waals surface area contributed by atoms with Crippen molar-refractivity contribution in [2.75, 3.05) is 0 Å². The van der Waals surface area contributed by atoms with Gasteiger partial charge < -0.3 is 5.11 Å². The normalized spacial score (nSPS) is 11.3. The maximum absolute atomic E-state index is 14.7. The summed E-state index contributed by atoms with van der Waals surface area (Å²) in [6.07, 6.45) is 0. The maximum atomic E-state index is 14.7. The van der Waals surface area contributed by atoms with E-state index >= 15 is 0 Å². The molecule has 0 saturated carbocycles. The van der Waals surface area contributed by atoms with Gasteiger partial charge in [0.05, 0.1) is 16.8 Å². The predicted octanol–water partition coefficient (Wildman–Crippen LogP) is 3.37. The van der Waals surface area contributed by atoms with Crippen molar-refractivity contribution in [3.05, 3.63) is 53.2 Å². The smallest absolute Gasteiger partial charge is 0.173 e. The van der Waals surface area contributed by atoms with Crippen LogP contribution in [0.1, 0.15) is 11.3 Å². The predicted molar refractivity (Wildman–Crippen MR) is 94.9 cm³/mol. The van der Waals surface area contributed by atoms with Crippen LogP contribution in [-0.2, 0) is 0 Å². The monoisotopic (exact) mass is 369 g/mol. The molecule has 0 saturated heterocycles. The topological polar surface area (TPSA) is 118 Å². The lowest BCUT2D eigenvalue weighted by Gasteiger charge is -2.11. The fourth-order valence-electron chi connectivity index (χ4n) is 3.12. The van der Waals surface area contributed by atoms with Gasteiger partial charge in [0.1, 0.15) is 11.7 Å². The number of H-pyrrole nitrogens is 1. The number of amidine groups is 1. The SMILES string of the molecule is Cc1n[nH]c2nc(-c3ccc(C(=N)NO)cc3)c3c(F)cc(O)c(F)c3c12. The van der Waals surface area contributed by atoms with Crippen molar-refractivity contribution < 1.29 is 19.1 Å². The Kier molecular flexibility index (Phi) is 3.74. The van der Waals surface area contributed by atoms with E-state index in [0.717, 1.165) is 0 Å². The lowest BCUT2D eigenvalue weighted by molar-refractivity contribution is 0.234. The molecule has 0 amide bonds. The van der Waals surface area contributed by atoms with Crippen LogP contribution in [0.25, 0.3) is 33.1 Å². The number of aryl methyl sites for hydroxylation is 1. The number of pyridine rings is 1. The van der Waals surface area contributed by atoms with Crippen molar-refractivity contribution >= 4 is 27.6 Å². The van der Waals surface area contributed by atoms with Crippen molar-refractivity contribution in [3.8, 4) is 17.0 Å². The van der Waals surface area contributed by atoms with Crippen LogP contribution in [0.15, 0.2) is 30.3 Å². The Hall–Kier alpha value is -3.59. The van der Waals surface area contributed by atoms with Crippen LogP contribution in [-0.4, -0.2) is 31.3 Å². The molecule has 2 heterocycles. The number of benzene rings is 2. The van der Waals surface area contributed by atoms with E-state index in [2.05, 4.69) is 15.2 Å². The molecule has 7 nitrogen and oxygen atoms in total. The molecule has 0 aliphatic carbocycles. The number of halogens is 2. The molecule has 0 unspecified atom stereocenters. The third-order valence-electron chi connectivity index (χ3n) is 4.39. The molecular formula is C18H13F2N5O2. The van der Waals surface area contributed by atoms with Crippen LogP contribution in [0.3, 0.4) is 0 Å². The van der Waals surface area contributed by atoms with Crippen molar-refractivity contribution in [2.24, 2.45) is 0 Å². The van der Waals surface area contributed by atoms with Crippen LogP contribution < -0.4 is 5.48 Å². The molecule has 5 N–H and O–H groups in total. The van der Waals surface area contributed by atoms with Gasteiger partial charge in [-0.2, -0.15) is 5.10 Å². The molecule has 0 radical (unpaired) electrons. The minimum Gasteiger partial charge on any atom is -0.505 e. The zero-order valence-electron chi connectivity index (χ0n) is 13.9. The maximum Gasteiger partial charge on any atom is 0.173 e. The summed E-state index contributed by atoms with van der Waals surface area (Å²) in [5, 5.41) is 32.9. The highest BCUT2D eigenvalue weighted by atomic mass is 19.1. The molecule has 0 fully saturated rings. The summed E-state index contributed by atoms with van der Waals surface area (Å²) >= 11 is 0. The number of phenols is 1. The van der Waals surface area contributed by atoms with E-state index in [0.29, 0.717) is 28.3 Å². The Morgan fingerprint density at radius 2 is 1.85 bits per heavy atom. The van der Waals surface area contributed by atoms with Gasteiger partial charge in [-0.1, -0.05) is 24.3 Å². The Labute approximate surface area is 150 Å². The number of aromatic nitrogens is 3. The van der Waals surface area contributed by atoms with Crippen LogP contribution in [0.4, 0.5) is 8.78 Å². The number of hydrogen-bond donors (Lipinski definition) is 5. The Morgan fingerprint density at radius 1 is 1.15 bits per heavy atom. The Morgan fingerprint density at radius 3 is 2.52 bits per heavy atom. The first-order chi connectivity index (χ1) is 12.9. The van der Waals surface area contributed by atoms with Crippen molar-refractivity contribution in [1.29, 1.82) is 5.41 Å². The zero-order valence-corrected chi connectivity index (χ0v) is 13.9. The minimum absolute atomic E-state index is 0.0783. The number of hydroxylamine groups is 1. The first-order valence-corrected chi connectivity index (χ1v) is 7.87. The van der Waals surface area contributed by atoms with E-state index in [1.165, 1.54) is 12.1 Å². The number of aromatic amines is 1. The van der Waals surface area contributed by atoms with Crippen LogP contribution >= 0.6 is 0 Å². The molecule has 0 spiro atoms. The number of phenolic OH excluding ortho intramolecular Hbond substituents is 1.